The van der Waals surface area contributed by atoms with Crippen molar-refractivity contribution in [2.24, 2.45) is 5.92 Å². The number of hydrogen-bond donors (Lipinski definition) is 0. The minimum absolute atomic E-state index is 0.0461. The van der Waals surface area contributed by atoms with Crippen LogP contribution in [0.2, 0.25) is 0 Å². The molecule has 5 nitrogen and oxygen atoms in total. The lowest BCUT2D eigenvalue weighted by Gasteiger charge is -2.33. The lowest BCUT2D eigenvalue weighted by Crippen LogP contribution is -2.41. The number of nitrogens with zero attached hydrogens (tertiary/aromatic N) is 4. The Kier molecular flexibility index (Phi) is 5.44. The lowest BCUT2D eigenvalue weighted by molar-refractivity contribution is 0.0662. The lowest BCUT2D eigenvalue weighted by atomic mass is 9.96. The average Bonchev–Trinajstić information content (AvgIpc) is 3.14. The molecule has 5 heteroatoms. The Bertz CT molecular complexity index is 1030. The van der Waals surface area contributed by atoms with E-state index in [9.17, 15) is 4.79 Å². The summed E-state index contributed by atoms with van der Waals surface area (Å²) in [5.41, 5.74) is 3.47. The second-order valence-corrected chi connectivity index (χ2v) is 7.65. The molecule has 1 amide bonds. The number of carbonyl (C=O) groups is 1. The van der Waals surface area contributed by atoms with Gasteiger partial charge in [-0.05, 0) is 49.9 Å². The summed E-state index contributed by atoms with van der Waals surface area (Å²) in [4.78, 5) is 19.5. The summed E-state index contributed by atoms with van der Waals surface area (Å²) in [7, 11) is 0. The number of amides is 1. The molecule has 1 saturated heterocycles. The Labute approximate surface area is 171 Å². The number of piperidine rings is 1. The molecular formula is C24H24N4O. The molecule has 1 fully saturated rings. The summed E-state index contributed by atoms with van der Waals surface area (Å²) in [6.45, 7) is 4.46. The molecule has 4 rings (SSSR count). The molecule has 3 aromatic rings. The first-order valence-electron chi connectivity index (χ1n) is 10.0. The molecule has 1 atom stereocenters. The Morgan fingerprint density at radius 1 is 1.17 bits per heavy atom. The number of rotatable bonds is 4. The normalized spacial score (nSPS) is 16.4. The second-order valence-electron chi connectivity index (χ2n) is 7.65. The molecule has 2 aromatic carbocycles. The maximum Gasteiger partial charge on any atom is 0.253 e. The monoisotopic (exact) mass is 384 g/mol. The van der Waals surface area contributed by atoms with Gasteiger partial charge in [0.25, 0.3) is 5.91 Å². The van der Waals surface area contributed by atoms with Crippen LogP contribution in [0.4, 0.5) is 0 Å². The van der Waals surface area contributed by atoms with Gasteiger partial charge in [-0.25, -0.2) is 4.98 Å². The fourth-order valence-corrected chi connectivity index (χ4v) is 4.04. The molecule has 0 aliphatic carbocycles. The predicted octanol–water partition coefficient (Wildman–Crippen LogP) is 4.28. The maximum atomic E-state index is 12.9. The van der Waals surface area contributed by atoms with Gasteiger partial charge in [-0.1, -0.05) is 30.3 Å². The Hall–Kier alpha value is -3.39. The molecule has 2 heterocycles. The van der Waals surface area contributed by atoms with Crippen LogP contribution in [0.5, 0.6) is 0 Å². The highest BCUT2D eigenvalue weighted by molar-refractivity contribution is 5.94. The van der Waals surface area contributed by atoms with Crippen molar-refractivity contribution in [3.05, 3.63) is 77.6 Å². The van der Waals surface area contributed by atoms with Gasteiger partial charge in [-0.3, -0.25) is 4.79 Å². The van der Waals surface area contributed by atoms with Crippen molar-refractivity contribution in [3.63, 3.8) is 0 Å². The molecule has 1 aliphatic rings. The summed E-state index contributed by atoms with van der Waals surface area (Å²) >= 11 is 0. The first-order valence-corrected chi connectivity index (χ1v) is 10.0. The Morgan fingerprint density at radius 3 is 2.66 bits per heavy atom. The van der Waals surface area contributed by atoms with Crippen LogP contribution in [0, 0.1) is 24.2 Å². The number of nitriles is 1. The topological polar surface area (TPSA) is 61.9 Å². The van der Waals surface area contributed by atoms with Crippen LogP contribution < -0.4 is 0 Å². The van der Waals surface area contributed by atoms with Crippen LogP contribution in [0.3, 0.4) is 0 Å². The van der Waals surface area contributed by atoms with Crippen molar-refractivity contribution in [1.82, 2.24) is 14.5 Å². The van der Waals surface area contributed by atoms with Gasteiger partial charge in [0, 0.05) is 42.7 Å². The van der Waals surface area contributed by atoms with Crippen molar-refractivity contribution >= 4 is 5.91 Å². The number of aryl methyl sites for hydroxylation is 1. The minimum Gasteiger partial charge on any atom is -0.338 e. The highest BCUT2D eigenvalue weighted by atomic mass is 16.2. The van der Waals surface area contributed by atoms with Crippen LogP contribution in [-0.2, 0) is 6.54 Å². The van der Waals surface area contributed by atoms with Gasteiger partial charge < -0.3 is 9.47 Å². The van der Waals surface area contributed by atoms with Crippen molar-refractivity contribution < 1.29 is 4.79 Å². The molecule has 0 spiro atoms. The van der Waals surface area contributed by atoms with Gasteiger partial charge in [0.1, 0.15) is 5.82 Å². The van der Waals surface area contributed by atoms with Gasteiger partial charge >= 0.3 is 0 Å². The van der Waals surface area contributed by atoms with Gasteiger partial charge in [-0.2, -0.15) is 5.26 Å². The van der Waals surface area contributed by atoms with Crippen LogP contribution in [0.1, 0.15) is 34.5 Å². The fourth-order valence-electron chi connectivity index (χ4n) is 4.04. The smallest absolute Gasteiger partial charge is 0.253 e. The second kappa shape index (κ2) is 8.32. The van der Waals surface area contributed by atoms with E-state index in [1.807, 2.05) is 29.3 Å². The van der Waals surface area contributed by atoms with E-state index in [2.05, 4.69) is 34.7 Å². The SMILES string of the molecule is Cc1cnc(-c2ccccc2)n1CC1CCCN(C(=O)c2ccc(C#N)cc2)C1. The van der Waals surface area contributed by atoms with E-state index < -0.39 is 0 Å². The first-order chi connectivity index (χ1) is 14.2. The zero-order valence-corrected chi connectivity index (χ0v) is 16.6. The third-order valence-electron chi connectivity index (χ3n) is 5.60. The first kappa shape index (κ1) is 18.9. The zero-order chi connectivity index (χ0) is 20.2. The Balaban J connectivity index is 1.49. The quantitative estimate of drug-likeness (QED) is 0.674. The van der Waals surface area contributed by atoms with Crippen LogP contribution in [0.15, 0.2) is 60.8 Å². The molecule has 1 aliphatic heterocycles. The molecule has 0 radical (unpaired) electrons. The number of imidazole rings is 1. The number of aromatic nitrogens is 2. The summed E-state index contributed by atoms with van der Waals surface area (Å²) in [6.07, 6.45) is 4.02. The van der Waals surface area contributed by atoms with Crippen molar-refractivity contribution in [3.8, 4) is 17.5 Å². The third-order valence-corrected chi connectivity index (χ3v) is 5.60. The van der Waals surface area contributed by atoms with Gasteiger partial charge in [0.15, 0.2) is 0 Å². The van der Waals surface area contributed by atoms with E-state index in [1.165, 1.54) is 0 Å². The summed E-state index contributed by atoms with van der Waals surface area (Å²) < 4.78 is 2.27. The Morgan fingerprint density at radius 2 is 1.93 bits per heavy atom. The zero-order valence-electron chi connectivity index (χ0n) is 16.6. The number of carbonyl (C=O) groups excluding carboxylic acids is 1. The van der Waals surface area contributed by atoms with Gasteiger partial charge in [0.2, 0.25) is 0 Å². The highest BCUT2D eigenvalue weighted by Gasteiger charge is 2.26. The standard InChI is InChI=1S/C24H24N4O/c1-18-15-26-23(21-7-3-2-4-8-21)28(18)17-20-6-5-13-27(16-20)24(29)22-11-9-19(14-25)10-12-22/h2-4,7-12,15,20H,5-6,13,16-17H2,1H3. The summed E-state index contributed by atoms with van der Waals surface area (Å²) in [5.74, 6) is 1.42. The maximum absolute atomic E-state index is 12.9. The molecule has 0 bridgehead atoms. The van der Waals surface area contributed by atoms with E-state index >= 15 is 0 Å². The molecule has 1 unspecified atom stereocenters. The highest BCUT2D eigenvalue weighted by Crippen LogP contribution is 2.25. The van der Waals surface area contributed by atoms with Crippen LogP contribution in [-0.4, -0.2) is 33.4 Å². The van der Waals surface area contributed by atoms with E-state index in [0.717, 1.165) is 49.6 Å². The summed E-state index contributed by atoms with van der Waals surface area (Å²) in [5, 5.41) is 8.95. The summed E-state index contributed by atoms with van der Waals surface area (Å²) in [6, 6.07) is 19.2. The molecule has 146 valence electrons. The number of hydrogen-bond acceptors (Lipinski definition) is 3. The van der Waals surface area contributed by atoms with Gasteiger partial charge in [0.05, 0.1) is 11.6 Å². The van der Waals surface area contributed by atoms with E-state index in [-0.39, 0.29) is 5.91 Å². The van der Waals surface area contributed by atoms with E-state index in [4.69, 9.17) is 5.26 Å². The predicted molar refractivity (Wildman–Crippen MR) is 112 cm³/mol. The largest absolute Gasteiger partial charge is 0.338 e. The number of benzene rings is 2. The van der Waals surface area contributed by atoms with Crippen LogP contribution >= 0.6 is 0 Å². The minimum atomic E-state index is 0.0461. The molecule has 0 N–H and O–H groups in total. The molecule has 1 aromatic heterocycles. The van der Waals surface area contributed by atoms with Crippen molar-refractivity contribution in [2.75, 3.05) is 13.1 Å². The number of likely N-dealkylation sites (tertiary alicyclic amines) is 1. The third kappa shape index (κ3) is 4.07. The molecule has 29 heavy (non-hydrogen) atoms. The average molecular weight is 384 g/mol. The van der Waals surface area contributed by atoms with Gasteiger partial charge in [-0.15, -0.1) is 0 Å². The molecular weight excluding hydrogens is 360 g/mol. The van der Waals surface area contributed by atoms with Crippen LogP contribution in [0.25, 0.3) is 11.4 Å². The van der Waals surface area contributed by atoms with Crippen molar-refractivity contribution in [2.45, 2.75) is 26.3 Å². The van der Waals surface area contributed by atoms with Crippen molar-refractivity contribution in [1.29, 1.82) is 5.26 Å². The fraction of sp³-hybridized carbons (Fsp3) is 0.292. The van der Waals surface area contributed by atoms with E-state index in [1.54, 1.807) is 24.3 Å². The molecule has 0 saturated carbocycles. The van der Waals surface area contributed by atoms with E-state index in [0.29, 0.717) is 17.0 Å².